The van der Waals surface area contributed by atoms with Crippen LogP contribution in [0.3, 0.4) is 0 Å². The normalized spacial score (nSPS) is 11.4. The van der Waals surface area contributed by atoms with Gasteiger partial charge < -0.3 is 0 Å². The molecule has 1 aromatic carbocycles. The van der Waals surface area contributed by atoms with Gasteiger partial charge in [0.1, 0.15) is 22.6 Å². The second-order valence-corrected chi connectivity index (χ2v) is 5.48. The van der Waals surface area contributed by atoms with Gasteiger partial charge in [-0.15, -0.1) is 0 Å². The summed E-state index contributed by atoms with van der Waals surface area (Å²) >= 11 is 3.45. The SMILES string of the molecule is CC(C)c1nc(Br)cc(-n2cnc3ccccc32)n1. The standard InChI is InChI=1S/C14H13BrN4/c1-9(2)14-17-12(15)7-13(18-14)19-8-16-10-5-3-4-6-11(10)19/h3-9H,1-2H3. The van der Waals surface area contributed by atoms with E-state index >= 15 is 0 Å². The summed E-state index contributed by atoms with van der Waals surface area (Å²) < 4.78 is 2.77. The summed E-state index contributed by atoms with van der Waals surface area (Å²) in [6.07, 6.45) is 1.80. The molecule has 0 amide bonds. The molecule has 3 rings (SSSR count). The predicted octanol–water partition coefficient (Wildman–Crippen LogP) is 3.70. The number of halogens is 1. The Bertz CT molecular complexity index is 733. The van der Waals surface area contributed by atoms with Gasteiger partial charge in [0, 0.05) is 12.0 Å². The van der Waals surface area contributed by atoms with Crippen LogP contribution >= 0.6 is 15.9 Å². The Morgan fingerprint density at radius 2 is 1.95 bits per heavy atom. The molecule has 0 unspecified atom stereocenters. The highest BCUT2D eigenvalue weighted by molar-refractivity contribution is 9.10. The second-order valence-electron chi connectivity index (χ2n) is 4.67. The lowest BCUT2D eigenvalue weighted by Crippen LogP contribution is -2.04. The van der Waals surface area contributed by atoms with Crippen LogP contribution in [-0.2, 0) is 0 Å². The summed E-state index contributed by atoms with van der Waals surface area (Å²) in [5.41, 5.74) is 2.01. The average molecular weight is 317 g/mol. The van der Waals surface area contributed by atoms with Gasteiger partial charge in [0.15, 0.2) is 0 Å². The molecule has 0 N–H and O–H groups in total. The van der Waals surface area contributed by atoms with Crippen molar-refractivity contribution in [2.24, 2.45) is 0 Å². The molecule has 96 valence electrons. The third kappa shape index (κ3) is 2.26. The van der Waals surface area contributed by atoms with E-state index in [-0.39, 0.29) is 5.92 Å². The second kappa shape index (κ2) is 4.74. The van der Waals surface area contributed by atoms with Crippen LogP contribution in [0.25, 0.3) is 16.9 Å². The molecule has 0 saturated heterocycles. The molecular formula is C14H13BrN4. The number of hydrogen-bond acceptors (Lipinski definition) is 3. The van der Waals surface area contributed by atoms with Crippen LogP contribution in [0.1, 0.15) is 25.6 Å². The molecule has 4 nitrogen and oxygen atoms in total. The van der Waals surface area contributed by atoms with Crippen molar-refractivity contribution in [1.29, 1.82) is 0 Å². The Morgan fingerprint density at radius 1 is 1.16 bits per heavy atom. The molecule has 0 aliphatic rings. The van der Waals surface area contributed by atoms with Gasteiger partial charge >= 0.3 is 0 Å². The Kier molecular flexibility index (Phi) is 3.06. The zero-order chi connectivity index (χ0) is 13.4. The van der Waals surface area contributed by atoms with Crippen molar-refractivity contribution in [2.75, 3.05) is 0 Å². The first-order valence-corrected chi connectivity index (χ1v) is 6.91. The number of hydrogen-bond donors (Lipinski definition) is 0. The van der Waals surface area contributed by atoms with Gasteiger partial charge in [-0.25, -0.2) is 15.0 Å². The minimum Gasteiger partial charge on any atom is -0.283 e. The highest BCUT2D eigenvalue weighted by Crippen LogP contribution is 2.20. The van der Waals surface area contributed by atoms with Gasteiger partial charge in [0.05, 0.1) is 11.0 Å². The maximum Gasteiger partial charge on any atom is 0.143 e. The van der Waals surface area contributed by atoms with E-state index in [1.807, 2.05) is 34.9 Å². The fourth-order valence-corrected chi connectivity index (χ4v) is 2.33. The van der Waals surface area contributed by atoms with Crippen LogP contribution in [-0.4, -0.2) is 19.5 Å². The first kappa shape index (κ1) is 12.3. The molecule has 3 aromatic rings. The van der Waals surface area contributed by atoms with Gasteiger partial charge in [-0.3, -0.25) is 4.57 Å². The summed E-state index contributed by atoms with van der Waals surface area (Å²) in [5, 5.41) is 0. The van der Waals surface area contributed by atoms with Crippen molar-refractivity contribution >= 4 is 27.0 Å². The van der Waals surface area contributed by atoms with Gasteiger partial charge in [-0.2, -0.15) is 0 Å². The van der Waals surface area contributed by atoms with E-state index in [0.717, 1.165) is 27.3 Å². The minimum absolute atomic E-state index is 0.283. The Labute approximate surface area is 119 Å². The molecule has 5 heteroatoms. The molecule has 2 heterocycles. The maximum absolute atomic E-state index is 4.61. The lowest BCUT2D eigenvalue weighted by molar-refractivity contribution is 0.759. The molecular weight excluding hydrogens is 304 g/mol. The lowest BCUT2D eigenvalue weighted by Gasteiger charge is -2.08. The predicted molar refractivity (Wildman–Crippen MR) is 78.4 cm³/mol. The van der Waals surface area contributed by atoms with Crippen LogP contribution in [0.15, 0.2) is 41.3 Å². The molecule has 0 spiro atoms. The fourth-order valence-electron chi connectivity index (χ4n) is 1.95. The van der Waals surface area contributed by atoms with Crippen molar-refractivity contribution in [3.63, 3.8) is 0 Å². The fraction of sp³-hybridized carbons (Fsp3) is 0.214. The van der Waals surface area contributed by atoms with E-state index in [0.29, 0.717) is 0 Å². The minimum atomic E-state index is 0.283. The van der Waals surface area contributed by atoms with E-state index in [2.05, 4.69) is 44.7 Å². The van der Waals surface area contributed by atoms with Crippen LogP contribution in [0.2, 0.25) is 0 Å². The summed E-state index contributed by atoms with van der Waals surface area (Å²) in [6, 6.07) is 9.91. The molecule has 0 bridgehead atoms. The third-order valence-corrected chi connectivity index (χ3v) is 3.32. The molecule has 0 aliphatic carbocycles. The van der Waals surface area contributed by atoms with Crippen LogP contribution in [0.5, 0.6) is 0 Å². The quantitative estimate of drug-likeness (QED) is 0.677. The number of fused-ring (bicyclic) bond motifs is 1. The van der Waals surface area contributed by atoms with Crippen LogP contribution in [0.4, 0.5) is 0 Å². The van der Waals surface area contributed by atoms with Crippen LogP contribution in [0, 0.1) is 0 Å². The monoisotopic (exact) mass is 316 g/mol. The largest absolute Gasteiger partial charge is 0.283 e. The van der Waals surface area contributed by atoms with Crippen molar-refractivity contribution in [2.45, 2.75) is 19.8 Å². The summed E-state index contributed by atoms with van der Waals surface area (Å²) in [6.45, 7) is 4.16. The first-order valence-electron chi connectivity index (χ1n) is 6.12. The Hall–Kier alpha value is -1.75. The van der Waals surface area contributed by atoms with Gasteiger partial charge in [0.2, 0.25) is 0 Å². The Balaban J connectivity index is 2.21. The van der Waals surface area contributed by atoms with Gasteiger partial charge in [-0.05, 0) is 28.1 Å². The van der Waals surface area contributed by atoms with E-state index in [9.17, 15) is 0 Å². The molecule has 0 aliphatic heterocycles. The summed E-state index contributed by atoms with van der Waals surface area (Å²) in [4.78, 5) is 13.4. The maximum atomic E-state index is 4.61. The molecule has 0 radical (unpaired) electrons. The number of benzene rings is 1. The number of aromatic nitrogens is 4. The molecule has 2 aromatic heterocycles. The lowest BCUT2D eigenvalue weighted by atomic mass is 10.2. The van der Waals surface area contributed by atoms with Crippen molar-refractivity contribution < 1.29 is 0 Å². The highest BCUT2D eigenvalue weighted by atomic mass is 79.9. The van der Waals surface area contributed by atoms with E-state index < -0.39 is 0 Å². The zero-order valence-corrected chi connectivity index (χ0v) is 12.3. The van der Waals surface area contributed by atoms with E-state index in [1.54, 1.807) is 6.33 Å². The van der Waals surface area contributed by atoms with Crippen molar-refractivity contribution in [1.82, 2.24) is 19.5 Å². The van der Waals surface area contributed by atoms with Gasteiger partial charge in [0.25, 0.3) is 0 Å². The number of para-hydroxylation sites is 2. The van der Waals surface area contributed by atoms with E-state index in [4.69, 9.17) is 0 Å². The number of rotatable bonds is 2. The topological polar surface area (TPSA) is 43.6 Å². The molecule has 0 fully saturated rings. The summed E-state index contributed by atoms with van der Waals surface area (Å²) in [5.74, 6) is 1.94. The smallest absolute Gasteiger partial charge is 0.143 e. The molecule has 0 atom stereocenters. The third-order valence-electron chi connectivity index (χ3n) is 2.92. The van der Waals surface area contributed by atoms with Gasteiger partial charge in [-0.1, -0.05) is 26.0 Å². The average Bonchev–Trinajstić information content (AvgIpc) is 2.81. The summed E-state index contributed by atoms with van der Waals surface area (Å²) in [7, 11) is 0. The highest BCUT2D eigenvalue weighted by Gasteiger charge is 2.10. The first-order chi connectivity index (χ1) is 9.15. The van der Waals surface area contributed by atoms with Crippen molar-refractivity contribution in [3.8, 4) is 5.82 Å². The molecule has 0 saturated carbocycles. The Morgan fingerprint density at radius 3 is 2.74 bits per heavy atom. The van der Waals surface area contributed by atoms with E-state index in [1.165, 1.54) is 0 Å². The number of imidazole rings is 1. The zero-order valence-electron chi connectivity index (χ0n) is 10.7. The van der Waals surface area contributed by atoms with Crippen LogP contribution < -0.4 is 0 Å². The number of nitrogens with zero attached hydrogens (tertiary/aromatic N) is 4. The molecule has 19 heavy (non-hydrogen) atoms. The van der Waals surface area contributed by atoms with Crippen molar-refractivity contribution in [3.05, 3.63) is 47.1 Å².